The molecule has 0 bridgehead atoms. The Morgan fingerprint density at radius 1 is 1.07 bits per heavy atom. The fraction of sp³-hybridized carbons (Fsp3) is 0.318. The van der Waals surface area contributed by atoms with Gasteiger partial charge in [-0.05, 0) is 44.0 Å². The molecule has 1 fully saturated rings. The topological polar surface area (TPSA) is 75.9 Å². The van der Waals surface area contributed by atoms with Crippen LogP contribution in [0.1, 0.15) is 37.8 Å². The Hall–Kier alpha value is -3.19. The molecule has 0 atom stereocenters. The molecular formula is C22H24N4O3. The van der Waals surface area contributed by atoms with E-state index in [-0.39, 0.29) is 23.3 Å². The summed E-state index contributed by atoms with van der Waals surface area (Å²) in [6.45, 7) is 8.01. The first-order valence-corrected chi connectivity index (χ1v) is 9.69. The number of fused-ring (bicyclic) bond motifs is 1. The first kappa shape index (κ1) is 19.1. The molecule has 1 saturated heterocycles. The lowest BCUT2D eigenvalue weighted by Crippen LogP contribution is -2.41. The highest BCUT2D eigenvalue weighted by Crippen LogP contribution is 2.24. The van der Waals surface area contributed by atoms with Crippen LogP contribution in [0.4, 0.5) is 5.69 Å². The lowest BCUT2D eigenvalue weighted by molar-refractivity contribution is 0.0294. The summed E-state index contributed by atoms with van der Waals surface area (Å²) < 4.78 is 7.01. The van der Waals surface area contributed by atoms with Gasteiger partial charge in [0.2, 0.25) is 5.82 Å². The summed E-state index contributed by atoms with van der Waals surface area (Å²) in [6, 6.07) is 9.51. The lowest BCUT2D eigenvalue weighted by atomic mass is 10.0. The molecule has 2 amide bonds. The molecule has 0 spiro atoms. The number of hydrogen-bond acceptors (Lipinski definition) is 4. The SMILES string of the molecule is Cc1cc(C)c(NC(=O)c2nc(C(=O)N3CCOCC3)n3ccccc23)c(C)c1. The molecule has 1 N–H and O–H groups in total. The fourth-order valence-electron chi connectivity index (χ4n) is 3.81. The Morgan fingerprint density at radius 2 is 1.76 bits per heavy atom. The maximum absolute atomic E-state index is 13.1. The first-order valence-electron chi connectivity index (χ1n) is 9.69. The van der Waals surface area contributed by atoms with Gasteiger partial charge in [0.25, 0.3) is 11.8 Å². The number of aryl methyl sites for hydroxylation is 3. The van der Waals surface area contributed by atoms with E-state index in [1.165, 1.54) is 0 Å². The van der Waals surface area contributed by atoms with Crippen molar-refractivity contribution in [2.75, 3.05) is 31.6 Å². The van der Waals surface area contributed by atoms with Crippen LogP contribution < -0.4 is 5.32 Å². The molecule has 7 heteroatoms. The van der Waals surface area contributed by atoms with Gasteiger partial charge in [0, 0.05) is 25.0 Å². The average Bonchev–Trinajstić information content (AvgIpc) is 3.10. The number of nitrogens with zero attached hydrogens (tertiary/aromatic N) is 3. The fourth-order valence-corrected chi connectivity index (χ4v) is 3.81. The van der Waals surface area contributed by atoms with Gasteiger partial charge in [-0.15, -0.1) is 0 Å². The number of imidazole rings is 1. The summed E-state index contributed by atoms with van der Waals surface area (Å²) in [5.41, 5.74) is 4.74. The predicted octanol–water partition coefficient (Wildman–Crippen LogP) is 2.98. The summed E-state index contributed by atoms with van der Waals surface area (Å²) in [5, 5.41) is 2.99. The van der Waals surface area contributed by atoms with Crippen molar-refractivity contribution in [3.63, 3.8) is 0 Å². The van der Waals surface area contributed by atoms with Gasteiger partial charge in [-0.2, -0.15) is 0 Å². The highest BCUT2D eigenvalue weighted by molar-refractivity contribution is 6.09. The van der Waals surface area contributed by atoms with Gasteiger partial charge >= 0.3 is 0 Å². The molecule has 3 heterocycles. The maximum atomic E-state index is 13.1. The summed E-state index contributed by atoms with van der Waals surface area (Å²) in [6.07, 6.45) is 1.76. The lowest BCUT2D eigenvalue weighted by Gasteiger charge is -2.26. The monoisotopic (exact) mass is 392 g/mol. The summed E-state index contributed by atoms with van der Waals surface area (Å²) >= 11 is 0. The van der Waals surface area contributed by atoms with Gasteiger partial charge in [0.05, 0.1) is 18.7 Å². The van der Waals surface area contributed by atoms with E-state index in [0.29, 0.717) is 31.8 Å². The van der Waals surface area contributed by atoms with Crippen molar-refractivity contribution < 1.29 is 14.3 Å². The molecule has 1 aromatic carbocycles. The van der Waals surface area contributed by atoms with E-state index in [4.69, 9.17) is 4.74 Å². The van der Waals surface area contributed by atoms with Crippen LogP contribution in [0.25, 0.3) is 5.52 Å². The van der Waals surface area contributed by atoms with E-state index >= 15 is 0 Å². The standard InChI is InChI=1S/C22H24N4O3/c1-14-12-15(2)18(16(3)13-14)24-21(27)19-17-6-4-5-7-26(17)20(23-19)22(28)25-8-10-29-11-9-25/h4-7,12-13H,8-11H2,1-3H3,(H,24,27). The van der Waals surface area contributed by atoms with Gasteiger partial charge in [0.1, 0.15) is 0 Å². The third-order valence-electron chi connectivity index (χ3n) is 5.17. The number of amides is 2. The van der Waals surface area contributed by atoms with Crippen molar-refractivity contribution in [1.82, 2.24) is 14.3 Å². The van der Waals surface area contributed by atoms with Crippen LogP contribution >= 0.6 is 0 Å². The van der Waals surface area contributed by atoms with Crippen LogP contribution in [0.15, 0.2) is 36.5 Å². The number of hydrogen-bond donors (Lipinski definition) is 1. The zero-order valence-corrected chi connectivity index (χ0v) is 16.9. The zero-order chi connectivity index (χ0) is 20.5. The van der Waals surface area contributed by atoms with E-state index in [1.54, 1.807) is 21.6 Å². The van der Waals surface area contributed by atoms with Crippen LogP contribution in [-0.4, -0.2) is 52.4 Å². The van der Waals surface area contributed by atoms with Crippen molar-refractivity contribution in [3.8, 4) is 0 Å². The Labute approximate surface area is 169 Å². The Morgan fingerprint density at radius 3 is 2.45 bits per heavy atom. The minimum atomic E-state index is -0.329. The van der Waals surface area contributed by atoms with Crippen molar-refractivity contribution in [2.45, 2.75) is 20.8 Å². The van der Waals surface area contributed by atoms with E-state index in [2.05, 4.69) is 10.3 Å². The van der Waals surface area contributed by atoms with Gasteiger partial charge in [0.15, 0.2) is 5.69 Å². The van der Waals surface area contributed by atoms with Crippen LogP contribution in [-0.2, 0) is 4.74 Å². The van der Waals surface area contributed by atoms with E-state index in [1.807, 2.05) is 45.0 Å². The van der Waals surface area contributed by atoms with Crippen LogP contribution in [0.5, 0.6) is 0 Å². The molecule has 0 radical (unpaired) electrons. The number of rotatable bonds is 3. The number of morpholine rings is 1. The number of aromatic nitrogens is 2. The number of carbonyl (C=O) groups is 2. The molecule has 0 unspecified atom stereocenters. The maximum Gasteiger partial charge on any atom is 0.290 e. The Bertz CT molecular complexity index is 1070. The second-order valence-corrected chi connectivity index (χ2v) is 7.37. The van der Waals surface area contributed by atoms with Gasteiger partial charge in [-0.1, -0.05) is 23.8 Å². The molecule has 29 heavy (non-hydrogen) atoms. The molecule has 3 aromatic rings. The number of anilines is 1. The molecule has 2 aromatic heterocycles. The average molecular weight is 392 g/mol. The highest BCUT2D eigenvalue weighted by atomic mass is 16.5. The van der Waals surface area contributed by atoms with Crippen molar-refractivity contribution in [1.29, 1.82) is 0 Å². The molecule has 7 nitrogen and oxygen atoms in total. The predicted molar refractivity (Wildman–Crippen MR) is 111 cm³/mol. The molecule has 150 valence electrons. The van der Waals surface area contributed by atoms with Gasteiger partial charge < -0.3 is 15.0 Å². The summed E-state index contributed by atoms with van der Waals surface area (Å²) in [5.74, 6) is -0.286. The normalized spacial score (nSPS) is 14.2. The quantitative estimate of drug-likeness (QED) is 0.744. The second kappa shape index (κ2) is 7.67. The summed E-state index contributed by atoms with van der Waals surface area (Å²) in [7, 11) is 0. The minimum Gasteiger partial charge on any atom is -0.378 e. The Kier molecular flexibility index (Phi) is 5.07. The molecule has 1 aliphatic heterocycles. The molecule has 0 saturated carbocycles. The number of nitrogens with one attached hydrogen (secondary N) is 1. The van der Waals surface area contributed by atoms with E-state index < -0.39 is 0 Å². The van der Waals surface area contributed by atoms with E-state index in [0.717, 1.165) is 22.4 Å². The molecule has 0 aliphatic carbocycles. The van der Waals surface area contributed by atoms with Gasteiger partial charge in [-0.25, -0.2) is 4.98 Å². The second-order valence-electron chi connectivity index (χ2n) is 7.37. The van der Waals surface area contributed by atoms with Crippen LogP contribution in [0, 0.1) is 20.8 Å². The number of carbonyl (C=O) groups excluding carboxylic acids is 2. The number of pyridine rings is 1. The van der Waals surface area contributed by atoms with Crippen LogP contribution in [0.3, 0.4) is 0 Å². The third kappa shape index (κ3) is 3.61. The number of benzene rings is 1. The summed E-state index contributed by atoms with van der Waals surface area (Å²) in [4.78, 5) is 32.3. The van der Waals surface area contributed by atoms with Gasteiger partial charge in [-0.3, -0.25) is 14.0 Å². The smallest absolute Gasteiger partial charge is 0.290 e. The Balaban J connectivity index is 1.71. The van der Waals surface area contributed by atoms with E-state index in [9.17, 15) is 9.59 Å². The largest absolute Gasteiger partial charge is 0.378 e. The molecular weight excluding hydrogens is 368 g/mol. The minimum absolute atomic E-state index is 0.198. The van der Waals surface area contributed by atoms with Crippen LogP contribution in [0.2, 0.25) is 0 Å². The highest BCUT2D eigenvalue weighted by Gasteiger charge is 2.26. The molecule has 1 aliphatic rings. The first-order chi connectivity index (χ1) is 14.0. The van der Waals surface area contributed by atoms with Crippen molar-refractivity contribution >= 4 is 23.0 Å². The number of ether oxygens (including phenoxy) is 1. The van der Waals surface area contributed by atoms with Crippen molar-refractivity contribution in [3.05, 3.63) is 64.7 Å². The zero-order valence-electron chi connectivity index (χ0n) is 16.9. The third-order valence-corrected chi connectivity index (χ3v) is 5.17. The van der Waals surface area contributed by atoms with Crippen molar-refractivity contribution in [2.24, 2.45) is 0 Å². The molecule has 4 rings (SSSR count).